The van der Waals surface area contributed by atoms with E-state index in [1.165, 1.54) is 0 Å². The number of aliphatic hydroxyl groups is 1. The number of nitrogens with one attached hydrogen (secondary N) is 2. The zero-order chi connectivity index (χ0) is 15.6. The van der Waals surface area contributed by atoms with Gasteiger partial charge in [-0.05, 0) is 52.4 Å². The predicted molar refractivity (Wildman–Crippen MR) is 83.3 cm³/mol. The molecule has 2 rings (SSSR count). The van der Waals surface area contributed by atoms with Crippen molar-refractivity contribution in [3.63, 3.8) is 0 Å². The molecule has 3 N–H and O–H groups in total. The summed E-state index contributed by atoms with van der Waals surface area (Å²) in [4.78, 5) is 19.1. The first kappa shape index (κ1) is 16.2. The van der Waals surface area contributed by atoms with Crippen molar-refractivity contribution >= 4 is 0 Å². The molecule has 0 bridgehead atoms. The Bertz CT molecular complexity index is 545. The summed E-state index contributed by atoms with van der Waals surface area (Å²) < 4.78 is 0. The van der Waals surface area contributed by atoms with Gasteiger partial charge in [-0.3, -0.25) is 4.79 Å². The van der Waals surface area contributed by atoms with Gasteiger partial charge in [0.25, 0.3) is 5.56 Å². The van der Waals surface area contributed by atoms with Crippen LogP contribution in [0.3, 0.4) is 0 Å². The van der Waals surface area contributed by atoms with Crippen molar-refractivity contribution in [2.24, 2.45) is 5.92 Å². The number of rotatable bonds is 4. The first-order valence-corrected chi connectivity index (χ1v) is 7.84. The molecule has 0 amide bonds. The summed E-state index contributed by atoms with van der Waals surface area (Å²) in [6.45, 7) is 8.34. The van der Waals surface area contributed by atoms with Gasteiger partial charge in [0.15, 0.2) is 0 Å². The third-order valence-electron chi connectivity index (χ3n) is 4.64. The summed E-state index contributed by atoms with van der Waals surface area (Å²) in [7, 11) is 0. The SMILES string of the molecule is Cc1nc(C)c(C(C)NCC2(O)CCC(C)CC2)c(=O)[nH]1. The lowest BCUT2D eigenvalue weighted by Gasteiger charge is -2.36. The van der Waals surface area contributed by atoms with E-state index in [0.29, 0.717) is 23.9 Å². The molecule has 1 aliphatic rings. The second-order valence-corrected chi connectivity index (χ2v) is 6.66. The molecule has 21 heavy (non-hydrogen) atoms. The topological polar surface area (TPSA) is 78.0 Å². The molecule has 0 aromatic carbocycles. The summed E-state index contributed by atoms with van der Waals surface area (Å²) in [5, 5.41) is 13.9. The van der Waals surface area contributed by atoms with Crippen molar-refractivity contribution in [2.75, 3.05) is 6.54 Å². The van der Waals surface area contributed by atoms with Gasteiger partial charge in [-0.25, -0.2) is 4.98 Å². The van der Waals surface area contributed by atoms with Crippen molar-refractivity contribution in [1.29, 1.82) is 0 Å². The van der Waals surface area contributed by atoms with Crippen LogP contribution in [-0.2, 0) is 0 Å². The van der Waals surface area contributed by atoms with Gasteiger partial charge in [-0.2, -0.15) is 0 Å². The Kier molecular flexibility index (Phi) is 4.84. The molecular weight excluding hydrogens is 266 g/mol. The van der Waals surface area contributed by atoms with Crippen molar-refractivity contribution < 1.29 is 5.11 Å². The number of nitrogens with zero attached hydrogens (tertiary/aromatic N) is 1. The van der Waals surface area contributed by atoms with Crippen LogP contribution in [0.25, 0.3) is 0 Å². The molecule has 1 aromatic heterocycles. The molecule has 5 heteroatoms. The van der Waals surface area contributed by atoms with E-state index < -0.39 is 5.60 Å². The average Bonchev–Trinajstić information content (AvgIpc) is 2.39. The fourth-order valence-electron chi connectivity index (χ4n) is 3.17. The van der Waals surface area contributed by atoms with Crippen LogP contribution >= 0.6 is 0 Å². The average molecular weight is 293 g/mol. The minimum atomic E-state index is -0.639. The van der Waals surface area contributed by atoms with Crippen LogP contribution in [0.4, 0.5) is 0 Å². The molecule has 1 saturated carbocycles. The largest absolute Gasteiger partial charge is 0.389 e. The first-order chi connectivity index (χ1) is 9.81. The highest BCUT2D eigenvalue weighted by Crippen LogP contribution is 2.31. The van der Waals surface area contributed by atoms with Gasteiger partial charge in [-0.15, -0.1) is 0 Å². The number of aryl methyl sites for hydroxylation is 2. The molecule has 1 unspecified atom stereocenters. The van der Waals surface area contributed by atoms with Crippen LogP contribution in [0.15, 0.2) is 4.79 Å². The van der Waals surface area contributed by atoms with Gasteiger partial charge in [-0.1, -0.05) is 6.92 Å². The fraction of sp³-hybridized carbons (Fsp3) is 0.750. The lowest BCUT2D eigenvalue weighted by atomic mass is 9.79. The molecule has 1 aliphatic carbocycles. The molecule has 118 valence electrons. The summed E-state index contributed by atoms with van der Waals surface area (Å²) in [5.41, 5.74) is 0.678. The molecular formula is C16H27N3O2. The predicted octanol–water partition coefficient (Wildman–Crippen LogP) is 1.98. The van der Waals surface area contributed by atoms with Crippen molar-refractivity contribution in [2.45, 2.75) is 65.0 Å². The molecule has 1 fully saturated rings. The number of hydrogen-bond acceptors (Lipinski definition) is 4. The second kappa shape index (κ2) is 6.28. The Morgan fingerprint density at radius 2 is 2.05 bits per heavy atom. The summed E-state index contributed by atoms with van der Waals surface area (Å²) in [5.74, 6) is 1.34. The van der Waals surface area contributed by atoms with Crippen molar-refractivity contribution in [1.82, 2.24) is 15.3 Å². The quantitative estimate of drug-likeness (QED) is 0.793. The van der Waals surface area contributed by atoms with Gasteiger partial charge < -0.3 is 15.4 Å². The smallest absolute Gasteiger partial charge is 0.255 e. The van der Waals surface area contributed by atoms with Gasteiger partial charge in [0.2, 0.25) is 0 Å². The Morgan fingerprint density at radius 1 is 1.43 bits per heavy atom. The minimum absolute atomic E-state index is 0.0933. The second-order valence-electron chi connectivity index (χ2n) is 6.66. The van der Waals surface area contributed by atoms with Gasteiger partial charge in [0.1, 0.15) is 5.82 Å². The molecule has 0 saturated heterocycles. The van der Waals surface area contributed by atoms with Crippen LogP contribution in [0.5, 0.6) is 0 Å². The van der Waals surface area contributed by atoms with Crippen LogP contribution < -0.4 is 10.9 Å². The van der Waals surface area contributed by atoms with E-state index >= 15 is 0 Å². The first-order valence-electron chi connectivity index (χ1n) is 7.84. The van der Waals surface area contributed by atoms with Gasteiger partial charge >= 0.3 is 0 Å². The zero-order valence-corrected chi connectivity index (χ0v) is 13.5. The molecule has 0 spiro atoms. The fourth-order valence-corrected chi connectivity index (χ4v) is 3.17. The van der Waals surface area contributed by atoms with Gasteiger partial charge in [0, 0.05) is 18.3 Å². The summed E-state index contributed by atoms with van der Waals surface area (Å²) >= 11 is 0. The van der Waals surface area contributed by atoms with E-state index in [1.54, 1.807) is 6.92 Å². The maximum atomic E-state index is 12.1. The van der Waals surface area contributed by atoms with Crippen LogP contribution in [0.2, 0.25) is 0 Å². The molecule has 0 radical (unpaired) electrons. The van der Waals surface area contributed by atoms with E-state index in [0.717, 1.165) is 31.4 Å². The zero-order valence-electron chi connectivity index (χ0n) is 13.5. The normalized spacial score (nSPS) is 27.6. The Labute approximate surface area is 126 Å². The molecule has 0 aliphatic heterocycles. The van der Waals surface area contributed by atoms with Crippen LogP contribution in [0.1, 0.15) is 62.7 Å². The minimum Gasteiger partial charge on any atom is -0.389 e. The third kappa shape index (κ3) is 3.92. The molecule has 1 atom stereocenters. The summed E-state index contributed by atoms with van der Waals surface area (Å²) in [6.07, 6.45) is 3.79. The highest BCUT2D eigenvalue weighted by atomic mass is 16.3. The molecule has 1 aromatic rings. The number of hydrogen-bond donors (Lipinski definition) is 3. The van der Waals surface area contributed by atoms with E-state index in [9.17, 15) is 9.90 Å². The Hall–Kier alpha value is -1.20. The lowest BCUT2D eigenvalue weighted by molar-refractivity contribution is -0.00789. The maximum Gasteiger partial charge on any atom is 0.255 e. The molecule has 1 heterocycles. The number of aromatic nitrogens is 2. The molecule has 5 nitrogen and oxygen atoms in total. The number of aromatic amines is 1. The Balaban J connectivity index is 2.02. The van der Waals surface area contributed by atoms with Crippen LogP contribution in [0, 0.1) is 19.8 Å². The standard InChI is InChI=1S/C16H27N3O2/c1-10-5-7-16(21,8-6-10)9-17-11(2)14-12(3)18-13(4)19-15(14)20/h10-11,17,21H,5-9H2,1-4H3,(H,18,19,20). The van der Waals surface area contributed by atoms with Crippen molar-refractivity contribution in [3.05, 3.63) is 27.4 Å². The third-order valence-corrected chi connectivity index (χ3v) is 4.64. The lowest BCUT2D eigenvalue weighted by Crippen LogP contribution is -2.44. The van der Waals surface area contributed by atoms with E-state index in [2.05, 4.69) is 22.2 Å². The maximum absolute atomic E-state index is 12.1. The Morgan fingerprint density at radius 3 is 2.62 bits per heavy atom. The van der Waals surface area contributed by atoms with E-state index in [-0.39, 0.29) is 11.6 Å². The monoisotopic (exact) mass is 293 g/mol. The highest BCUT2D eigenvalue weighted by Gasteiger charge is 2.32. The summed E-state index contributed by atoms with van der Waals surface area (Å²) in [6, 6.07) is -0.120. The van der Waals surface area contributed by atoms with Crippen molar-refractivity contribution in [3.8, 4) is 0 Å². The van der Waals surface area contributed by atoms with Crippen LogP contribution in [-0.4, -0.2) is 27.2 Å². The number of H-pyrrole nitrogens is 1. The highest BCUT2D eigenvalue weighted by molar-refractivity contribution is 5.20. The van der Waals surface area contributed by atoms with Gasteiger partial charge in [0.05, 0.1) is 11.2 Å². The van der Waals surface area contributed by atoms with E-state index in [4.69, 9.17) is 0 Å². The van der Waals surface area contributed by atoms with E-state index in [1.807, 2.05) is 13.8 Å².